The van der Waals surface area contributed by atoms with E-state index in [1.807, 2.05) is 37.3 Å². The van der Waals surface area contributed by atoms with Crippen molar-refractivity contribution in [3.63, 3.8) is 0 Å². The molecule has 1 rings (SSSR count). The highest BCUT2D eigenvalue weighted by Gasteiger charge is 2.03. The first-order valence-electron chi connectivity index (χ1n) is 5.13. The predicted molar refractivity (Wildman–Crippen MR) is 62.8 cm³/mol. The van der Waals surface area contributed by atoms with Crippen LogP contribution in [0.2, 0.25) is 0 Å². The second-order valence-electron chi connectivity index (χ2n) is 3.58. The average Bonchev–Trinajstić information content (AvgIpc) is 2.25. The molecule has 0 saturated carbocycles. The molecule has 0 aliphatic rings. The van der Waals surface area contributed by atoms with Gasteiger partial charge in [0.15, 0.2) is 0 Å². The van der Waals surface area contributed by atoms with Crippen LogP contribution >= 0.6 is 11.6 Å². The molecular weight excluding hydrogens is 210 g/mol. The number of carbonyl (C=O) groups is 1. The second-order valence-corrected chi connectivity index (χ2v) is 4.33. The van der Waals surface area contributed by atoms with Crippen molar-refractivity contribution in [2.75, 3.05) is 0 Å². The summed E-state index contributed by atoms with van der Waals surface area (Å²) in [6, 6.07) is 9.86. The molecule has 1 amide bonds. The zero-order valence-electron chi connectivity index (χ0n) is 8.87. The van der Waals surface area contributed by atoms with Crippen LogP contribution in [0.25, 0.3) is 0 Å². The van der Waals surface area contributed by atoms with Gasteiger partial charge in [0.05, 0.1) is 0 Å². The Bertz CT molecular complexity index is 298. The summed E-state index contributed by atoms with van der Waals surface area (Å²) in [7, 11) is 0. The summed E-state index contributed by atoms with van der Waals surface area (Å²) in [5.41, 5.74) is 1.12. The quantitative estimate of drug-likeness (QED) is 0.768. The lowest BCUT2D eigenvalue weighted by Crippen LogP contribution is -2.22. The Labute approximate surface area is 95.6 Å². The first kappa shape index (κ1) is 12.1. The maximum absolute atomic E-state index is 11.4. The lowest BCUT2D eigenvalue weighted by Gasteiger charge is -2.05. The van der Waals surface area contributed by atoms with Crippen LogP contribution in [-0.2, 0) is 11.3 Å². The molecule has 0 bridgehead atoms. The fourth-order valence-electron chi connectivity index (χ4n) is 1.21. The Morgan fingerprint density at radius 3 is 2.67 bits per heavy atom. The zero-order chi connectivity index (χ0) is 11.1. The molecule has 15 heavy (non-hydrogen) atoms. The van der Waals surface area contributed by atoms with Gasteiger partial charge in [-0.25, -0.2) is 0 Å². The van der Waals surface area contributed by atoms with Crippen molar-refractivity contribution in [3.05, 3.63) is 35.9 Å². The van der Waals surface area contributed by atoms with Gasteiger partial charge in [0.2, 0.25) is 5.91 Å². The van der Waals surface area contributed by atoms with E-state index in [2.05, 4.69) is 5.32 Å². The number of hydrogen-bond acceptors (Lipinski definition) is 1. The SMILES string of the molecule is CC(Cl)CCC(=O)NCc1ccccc1. The fourth-order valence-corrected chi connectivity index (χ4v) is 1.32. The number of hydrogen-bond donors (Lipinski definition) is 1. The molecular formula is C12H16ClNO. The largest absolute Gasteiger partial charge is 0.352 e. The number of halogens is 1. The predicted octanol–water partition coefficient (Wildman–Crippen LogP) is 2.71. The number of carbonyl (C=O) groups excluding carboxylic acids is 1. The topological polar surface area (TPSA) is 29.1 Å². The lowest BCUT2D eigenvalue weighted by molar-refractivity contribution is -0.121. The van der Waals surface area contributed by atoms with Crippen molar-refractivity contribution in [1.82, 2.24) is 5.32 Å². The Morgan fingerprint density at radius 2 is 2.07 bits per heavy atom. The van der Waals surface area contributed by atoms with E-state index >= 15 is 0 Å². The lowest BCUT2D eigenvalue weighted by atomic mass is 10.2. The highest BCUT2D eigenvalue weighted by atomic mass is 35.5. The molecule has 2 nitrogen and oxygen atoms in total. The van der Waals surface area contributed by atoms with Crippen LogP contribution in [0, 0.1) is 0 Å². The molecule has 0 aliphatic carbocycles. The highest BCUT2D eigenvalue weighted by Crippen LogP contribution is 2.03. The first-order valence-corrected chi connectivity index (χ1v) is 5.57. The summed E-state index contributed by atoms with van der Waals surface area (Å²) in [5.74, 6) is 0.0614. The number of benzene rings is 1. The normalized spacial score (nSPS) is 12.1. The van der Waals surface area contributed by atoms with E-state index in [0.717, 1.165) is 12.0 Å². The summed E-state index contributed by atoms with van der Waals surface area (Å²) < 4.78 is 0. The van der Waals surface area contributed by atoms with Gasteiger partial charge in [-0.2, -0.15) is 0 Å². The molecule has 0 radical (unpaired) electrons. The zero-order valence-corrected chi connectivity index (χ0v) is 9.63. The maximum atomic E-state index is 11.4. The summed E-state index contributed by atoms with van der Waals surface area (Å²) in [4.78, 5) is 11.4. The number of nitrogens with one attached hydrogen (secondary N) is 1. The molecule has 1 N–H and O–H groups in total. The van der Waals surface area contributed by atoms with Crippen molar-refractivity contribution in [3.8, 4) is 0 Å². The van der Waals surface area contributed by atoms with Gasteiger partial charge in [0.1, 0.15) is 0 Å². The van der Waals surface area contributed by atoms with Crippen molar-refractivity contribution in [1.29, 1.82) is 0 Å². The smallest absolute Gasteiger partial charge is 0.220 e. The molecule has 82 valence electrons. The van der Waals surface area contributed by atoms with E-state index in [4.69, 9.17) is 11.6 Å². The van der Waals surface area contributed by atoms with Gasteiger partial charge < -0.3 is 5.32 Å². The molecule has 1 aromatic carbocycles. The fraction of sp³-hybridized carbons (Fsp3) is 0.417. The summed E-state index contributed by atoms with van der Waals surface area (Å²) in [6.45, 7) is 2.49. The van der Waals surface area contributed by atoms with Crippen molar-refractivity contribution < 1.29 is 4.79 Å². The second kappa shape index (κ2) is 6.46. The van der Waals surface area contributed by atoms with E-state index in [9.17, 15) is 4.79 Å². The molecule has 1 unspecified atom stereocenters. The van der Waals surface area contributed by atoms with Crippen LogP contribution in [0.4, 0.5) is 0 Å². The Hall–Kier alpha value is -1.02. The van der Waals surface area contributed by atoms with Crippen LogP contribution < -0.4 is 5.32 Å². The molecule has 3 heteroatoms. The van der Waals surface area contributed by atoms with Crippen molar-refractivity contribution in [2.24, 2.45) is 0 Å². The molecule has 0 aromatic heterocycles. The minimum absolute atomic E-state index is 0.0614. The van der Waals surface area contributed by atoms with Gasteiger partial charge in [-0.3, -0.25) is 4.79 Å². The summed E-state index contributed by atoms with van der Waals surface area (Å²) >= 11 is 5.76. The standard InChI is InChI=1S/C12H16ClNO/c1-10(13)7-8-12(15)14-9-11-5-3-2-4-6-11/h2-6,10H,7-9H2,1H3,(H,14,15). The minimum atomic E-state index is 0.0614. The minimum Gasteiger partial charge on any atom is -0.352 e. The van der Waals surface area contributed by atoms with Crippen molar-refractivity contribution >= 4 is 17.5 Å². The van der Waals surface area contributed by atoms with E-state index in [-0.39, 0.29) is 11.3 Å². The van der Waals surface area contributed by atoms with Gasteiger partial charge in [-0.1, -0.05) is 30.3 Å². The Balaban J connectivity index is 2.23. The van der Waals surface area contributed by atoms with Crippen LogP contribution in [0.5, 0.6) is 0 Å². The molecule has 0 saturated heterocycles. The third-order valence-corrected chi connectivity index (χ3v) is 2.32. The highest BCUT2D eigenvalue weighted by molar-refractivity contribution is 6.20. The third-order valence-electron chi connectivity index (χ3n) is 2.10. The number of amides is 1. The molecule has 1 atom stereocenters. The van der Waals surface area contributed by atoms with Crippen LogP contribution in [0.3, 0.4) is 0 Å². The molecule has 0 spiro atoms. The first-order chi connectivity index (χ1) is 7.18. The van der Waals surface area contributed by atoms with E-state index in [1.54, 1.807) is 0 Å². The molecule has 0 heterocycles. The third kappa shape index (κ3) is 5.43. The Kier molecular flexibility index (Phi) is 5.19. The van der Waals surface area contributed by atoms with E-state index in [1.165, 1.54) is 0 Å². The van der Waals surface area contributed by atoms with Gasteiger partial charge in [0, 0.05) is 18.3 Å². The monoisotopic (exact) mass is 225 g/mol. The Morgan fingerprint density at radius 1 is 1.40 bits per heavy atom. The average molecular weight is 226 g/mol. The number of alkyl halides is 1. The van der Waals surface area contributed by atoms with E-state index < -0.39 is 0 Å². The van der Waals surface area contributed by atoms with Crippen molar-refractivity contribution in [2.45, 2.75) is 31.7 Å². The van der Waals surface area contributed by atoms with Gasteiger partial charge in [-0.15, -0.1) is 11.6 Å². The molecule has 0 fully saturated rings. The summed E-state index contributed by atoms with van der Waals surface area (Å²) in [5, 5.41) is 2.92. The number of rotatable bonds is 5. The summed E-state index contributed by atoms with van der Waals surface area (Å²) in [6.07, 6.45) is 1.22. The van der Waals surface area contributed by atoms with Crippen LogP contribution in [-0.4, -0.2) is 11.3 Å². The van der Waals surface area contributed by atoms with Crippen LogP contribution in [0.15, 0.2) is 30.3 Å². The molecule has 0 aliphatic heterocycles. The van der Waals surface area contributed by atoms with Gasteiger partial charge in [-0.05, 0) is 18.9 Å². The maximum Gasteiger partial charge on any atom is 0.220 e. The van der Waals surface area contributed by atoms with Gasteiger partial charge in [0.25, 0.3) is 0 Å². The molecule has 1 aromatic rings. The van der Waals surface area contributed by atoms with Gasteiger partial charge >= 0.3 is 0 Å². The van der Waals surface area contributed by atoms with E-state index in [0.29, 0.717) is 13.0 Å². The van der Waals surface area contributed by atoms with Crippen LogP contribution in [0.1, 0.15) is 25.3 Å².